The number of non-ortho nitro benzene ring substituents is 1. The molecule has 1 aromatic heterocycles. The zero-order chi connectivity index (χ0) is 20.4. The van der Waals surface area contributed by atoms with E-state index in [1.54, 1.807) is 16.8 Å². The topological polar surface area (TPSA) is 90.2 Å². The van der Waals surface area contributed by atoms with Gasteiger partial charge in [0.15, 0.2) is 0 Å². The van der Waals surface area contributed by atoms with Crippen LogP contribution in [-0.4, -0.2) is 39.2 Å². The minimum Gasteiger partial charge on any atom is -0.330 e. The Hall–Kier alpha value is -3.03. The van der Waals surface area contributed by atoms with Crippen molar-refractivity contribution >= 4 is 5.69 Å². The van der Waals surface area contributed by atoms with Crippen LogP contribution in [0.3, 0.4) is 0 Å². The molecule has 1 fully saturated rings. The average molecular weight is 391 g/mol. The molecule has 1 saturated heterocycles. The summed E-state index contributed by atoms with van der Waals surface area (Å²) in [7, 11) is 1.90. The van der Waals surface area contributed by atoms with Crippen LogP contribution in [0.5, 0.6) is 0 Å². The van der Waals surface area contributed by atoms with Gasteiger partial charge >= 0.3 is 0 Å². The molecule has 2 N–H and O–H groups in total. The molecule has 2 heterocycles. The van der Waals surface area contributed by atoms with Gasteiger partial charge in [-0.05, 0) is 30.2 Å². The van der Waals surface area contributed by atoms with Crippen molar-refractivity contribution in [2.45, 2.75) is 12.5 Å². The molecule has 4 rings (SSSR count). The Morgan fingerprint density at radius 1 is 1.14 bits per heavy atom. The summed E-state index contributed by atoms with van der Waals surface area (Å²) in [6, 6.07) is 17.2. The quantitative estimate of drug-likeness (QED) is 0.515. The predicted molar refractivity (Wildman–Crippen MR) is 112 cm³/mol. The summed E-state index contributed by atoms with van der Waals surface area (Å²) in [6.07, 6.45) is 2.03. The van der Waals surface area contributed by atoms with E-state index in [4.69, 9.17) is 5.73 Å². The SMILES string of the molecule is Cn1cc(CN2C[C@@H](CN)[C@H](c3ccccc3)C2)c(-c2ccc([N+](=O)[O-])cc2)n1. The zero-order valence-electron chi connectivity index (χ0n) is 16.4. The van der Waals surface area contributed by atoms with E-state index in [2.05, 4.69) is 34.3 Å². The van der Waals surface area contributed by atoms with Crippen molar-refractivity contribution in [3.05, 3.63) is 82.0 Å². The van der Waals surface area contributed by atoms with E-state index in [1.807, 2.05) is 19.3 Å². The number of nitrogens with two attached hydrogens (primary N) is 1. The lowest BCUT2D eigenvalue weighted by atomic mass is 9.89. The van der Waals surface area contributed by atoms with Crippen molar-refractivity contribution < 1.29 is 4.92 Å². The molecule has 2 aromatic carbocycles. The predicted octanol–water partition coefficient (Wildman–Crippen LogP) is 3.17. The molecule has 7 nitrogen and oxygen atoms in total. The lowest BCUT2D eigenvalue weighted by molar-refractivity contribution is -0.384. The Balaban J connectivity index is 1.55. The molecular weight excluding hydrogens is 366 g/mol. The number of hydrogen-bond donors (Lipinski definition) is 1. The number of nitrogens with zero attached hydrogens (tertiary/aromatic N) is 4. The number of aryl methyl sites for hydroxylation is 1. The molecule has 2 atom stereocenters. The maximum Gasteiger partial charge on any atom is 0.269 e. The van der Waals surface area contributed by atoms with Gasteiger partial charge in [0.05, 0.1) is 10.6 Å². The molecule has 7 heteroatoms. The second-order valence-corrected chi connectivity index (χ2v) is 7.69. The molecule has 0 saturated carbocycles. The summed E-state index contributed by atoms with van der Waals surface area (Å²) >= 11 is 0. The van der Waals surface area contributed by atoms with Crippen molar-refractivity contribution in [2.24, 2.45) is 18.7 Å². The van der Waals surface area contributed by atoms with Gasteiger partial charge in [0.2, 0.25) is 0 Å². The van der Waals surface area contributed by atoms with Gasteiger partial charge < -0.3 is 5.73 Å². The van der Waals surface area contributed by atoms with Crippen molar-refractivity contribution in [1.82, 2.24) is 14.7 Å². The summed E-state index contributed by atoms with van der Waals surface area (Å²) in [5.41, 5.74) is 10.4. The summed E-state index contributed by atoms with van der Waals surface area (Å²) in [5, 5.41) is 15.5. The number of aromatic nitrogens is 2. The molecule has 0 bridgehead atoms. The zero-order valence-corrected chi connectivity index (χ0v) is 16.4. The van der Waals surface area contributed by atoms with E-state index in [0.717, 1.165) is 36.5 Å². The van der Waals surface area contributed by atoms with Crippen LogP contribution in [0.25, 0.3) is 11.3 Å². The first-order chi connectivity index (χ1) is 14.0. The van der Waals surface area contributed by atoms with Gasteiger partial charge in [0.1, 0.15) is 0 Å². The molecule has 0 aliphatic carbocycles. The third-order valence-corrected chi connectivity index (χ3v) is 5.70. The lowest BCUT2D eigenvalue weighted by Gasteiger charge is -2.17. The Morgan fingerprint density at radius 2 is 1.86 bits per heavy atom. The summed E-state index contributed by atoms with van der Waals surface area (Å²) in [5.74, 6) is 0.859. The number of nitro benzene ring substituents is 1. The summed E-state index contributed by atoms with van der Waals surface area (Å²) in [4.78, 5) is 13.0. The Bertz CT molecular complexity index is 984. The Kier molecular flexibility index (Phi) is 5.42. The van der Waals surface area contributed by atoms with Gasteiger partial charge in [-0.15, -0.1) is 0 Å². The Labute approximate surface area is 169 Å². The standard InChI is InChI=1S/C22H25N5O2/c1-25-12-19(22(24-25)17-7-9-20(10-8-17)27(28)29)14-26-13-18(11-23)21(15-26)16-5-3-2-4-6-16/h2-10,12,18,21H,11,13-15,23H2,1H3/t18-,21+/m1/s1. The fraction of sp³-hybridized carbons (Fsp3) is 0.318. The highest BCUT2D eigenvalue weighted by atomic mass is 16.6. The van der Waals surface area contributed by atoms with Gasteiger partial charge in [-0.1, -0.05) is 30.3 Å². The summed E-state index contributed by atoms with van der Waals surface area (Å²) < 4.78 is 1.80. The molecule has 0 spiro atoms. The first-order valence-corrected chi connectivity index (χ1v) is 9.80. The van der Waals surface area contributed by atoms with Crippen molar-refractivity contribution in [2.75, 3.05) is 19.6 Å². The van der Waals surface area contributed by atoms with E-state index < -0.39 is 0 Å². The van der Waals surface area contributed by atoms with Crippen LogP contribution in [-0.2, 0) is 13.6 Å². The third kappa shape index (κ3) is 4.06. The van der Waals surface area contributed by atoms with Gasteiger partial charge in [-0.2, -0.15) is 5.10 Å². The fourth-order valence-corrected chi connectivity index (χ4v) is 4.28. The molecule has 1 aliphatic heterocycles. The van der Waals surface area contributed by atoms with E-state index in [-0.39, 0.29) is 10.6 Å². The largest absolute Gasteiger partial charge is 0.330 e. The lowest BCUT2D eigenvalue weighted by Crippen LogP contribution is -2.23. The van der Waals surface area contributed by atoms with Gasteiger partial charge in [-0.3, -0.25) is 19.7 Å². The maximum atomic E-state index is 10.9. The van der Waals surface area contributed by atoms with Crippen LogP contribution in [0.4, 0.5) is 5.69 Å². The minimum atomic E-state index is -0.385. The fourth-order valence-electron chi connectivity index (χ4n) is 4.28. The van der Waals surface area contributed by atoms with Gasteiger partial charge in [0, 0.05) is 62.1 Å². The average Bonchev–Trinajstić information content (AvgIpc) is 3.32. The monoisotopic (exact) mass is 391 g/mol. The van der Waals surface area contributed by atoms with Crippen LogP contribution < -0.4 is 5.73 Å². The van der Waals surface area contributed by atoms with E-state index >= 15 is 0 Å². The molecule has 0 amide bonds. The van der Waals surface area contributed by atoms with Crippen LogP contribution in [0.15, 0.2) is 60.8 Å². The molecule has 0 radical (unpaired) electrons. The second-order valence-electron chi connectivity index (χ2n) is 7.69. The maximum absolute atomic E-state index is 10.9. The number of rotatable bonds is 6. The molecule has 150 valence electrons. The van der Waals surface area contributed by atoms with Crippen LogP contribution in [0, 0.1) is 16.0 Å². The highest BCUT2D eigenvalue weighted by Crippen LogP contribution is 2.34. The van der Waals surface area contributed by atoms with Crippen LogP contribution >= 0.6 is 0 Å². The molecule has 0 unspecified atom stereocenters. The van der Waals surface area contributed by atoms with Crippen LogP contribution in [0.2, 0.25) is 0 Å². The van der Waals surface area contributed by atoms with Gasteiger partial charge in [0.25, 0.3) is 5.69 Å². The Morgan fingerprint density at radius 3 is 2.52 bits per heavy atom. The first-order valence-electron chi connectivity index (χ1n) is 9.80. The normalized spacial score (nSPS) is 19.5. The number of nitro groups is 1. The highest BCUT2D eigenvalue weighted by Gasteiger charge is 2.33. The number of likely N-dealkylation sites (tertiary alicyclic amines) is 1. The smallest absolute Gasteiger partial charge is 0.269 e. The van der Waals surface area contributed by atoms with Crippen LogP contribution in [0.1, 0.15) is 17.0 Å². The first kappa shape index (κ1) is 19.3. The highest BCUT2D eigenvalue weighted by molar-refractivity contribution is 5.64. The van der Waals surface area contributed by atoms with Gasteiger partial charge in [-0.25, -0.2) is 0 Å². The number of hydrogen-bond acceptors (Lipinski definition) is 5. The second kappa shape index (κ2) is 8.14. The molecule has 3 aromatic rings. The number of benzene rings is 2. The third-order valence-electron chi connectivity index (χ3n) is 5.70. The van der Waals surface area contributed by atoms with Crippen molar-refractivity contribution in [3.63, 3.8) is 0 Å². The molecule has 29 heavy (non-hydrogen) atoms. The van der Waals surface area contributed by atoms with E-state index in [0.29, 0.717) is 18.4 Å². The molecule has 1 aliphatic rings. The van der Waals surface area contributed by atoms with Crippen molar-refractivity contribution in [3.8, 4) is 11.3 Å². The van der Waals surface area contributed by atoms with E-state index in [1.165, 1.54) is 17.7 Å². The minimum absolute atomic E-state index is 0.0854. The summed E-state index contributed by atoms with van der Waals surface area (Å²) in [6.45, 7) is 3.35. The molecular formula is C22H25N5O2. The van der Waals surface area contributed by atoms with E-state index in [9.17, 15) is 10.1 Å². The van der Waals surface area contributed by atoms with Crippen molar-refractivity contribution in [1.29, 1.82) is 0 Å².